The molecule has 2 rings (SSSR count). The summed E-state index contributed by atoms with van der Waals surface area (Å²) >= 11 is 8.32. The van der Waals surface area contributed by atoms with Gasteiger partial charge >= 0.3 is 5.97 Å². The fourth-order valence-corrected chi connectivity index (χ4v) is 3.75. The number of carbonyl (C=O) groups excluding carboxylic acids is 3. The average molecular weight is 465 g/mol. The van der Waals surface area contributed by atoms with Gasteiger partial charge in [0, 0.05) is 16.7 Å². The molecule has 0 spiro atoms. The van der Waals surface area contributed by atoms with Crippen LogP contribution >= 0.6 is 34.2 Å². The summed E-state index contributed by atoms with van der Waals surface area (Å²) in [5.41, 5.74) is 0.758. The molecule has 130 valence electrons. The van der Waals surface area contributed by atoms with Crippen LogP contribution in [0.5, 0.6) is 0 Å². The number of carbonyl (C=O) groups is 3. The molecule has 0 saturated carbocycles. The molecule has 1 aromatic rings. The van der Waals surface area contributed by atoms with Crippen LogP contribution in [0.4, 0.5) is 5.69 Å². The summed E-state index contributed by atoms with van der Waals surface area (Å²) in [5, 5.41) is 0.348. The molecule has 0 bridgehead atoms. The van der Waals surface area contributed by atoms with E-state index in [-0.39, 0.29) is 31.4 Å². The number of nitrogens with zero attached hydrogens (tertiary/aromatic N) is 2. The van der Waals surface area contributed by atoms with E-state index in [1.807, 2.05) is 0 Å². The number of ether oxygens (including phenoxy) is 1. The van der Waals surface area contributed by atoms with Crippen LogP contribution in [0.15, 0.2) is 12.1 Å². The smallest absolute Gasteiger partial charge is 0.307 e. The van der Waals surface area contributed by atoms with E-state index in [9.17, 15) is 14.4 Å². The van der Waals surface area contributed by atoms with Gasteiger partial charge < -0.3 is 14.5 Å². The largest absolute Gasteiger partial charge is 0.466 e. The van der Waals surface area contributed by atoms with Crippen molar-refractivity contribution in [1.29, 1.82) is 0 Å². The maximum Gasteiger partial charge on any atom is 0.307 e. The summed E-state index contributed by atoms with van der Waals surface area (Å²) in [4.78, 5) is 39.9. The lowest BCUT2D eigenvalue weighted by molar-refractivity contribution is -0.144. The number of benzene rings is 1. The fraction of sp³-hybridized carbons (Fsp3) is 0.438. The number of hydrogen-bond donors (Lipinski definition) is 0. The van der Waals surface area contributed by atoms with Gasteiger partial charge in [0.1, 0.15) is 6.54 Å². The van der Waals surface area contributed by atoms with Gasteiger partial charge in [0.2, 0.25) is 5.91 Å². The highest BCUT2D eigenvalue weighted by Gasteiger charge is 2.34. The molecule has 24 heavy (non-hydrogen) atoms. The number of esters is 1. The Morgan fingerprint density at radius 1 is 1.42 bits per heavy atom. The third kappa shape index (κ3) is 3.83. The summed E-state index contributed by atoms with van der Waals surface area (Å²) in [6.07, 6.45) is 0.0313. The minimum atomic E-state index is -0.462. The van der Waals surface area contributed by atoms with Crippen LogP contribution in [-0.4, -0.2) is 48.9 Å². The molecule has 1 aromatic carbocycles. The Balaban J connectivity index is 2.41. The number of anilines is 1. The zero-order valence-electron chi connectivity index (χ0n) is 13.6. The zero-order valence-corrected chi connectivity index (χ0v) is 16.6. The van der Waals surface area contributed by atoms with Gasteiger partial charge in [-0.3, -0.25) is 14.4 Å². The first-order valence-corrected chi connectivity index (χ1v) is 8.94. The Hall–Kier alpha value is -1.35. The van der Waals surface area contributed by atoms with Crippen LogP contribution in [0.3, 0.4) is 0 Å². The molecule has 1 aliphatic heterocycles. The van der Waals surface area contributed by atoms with Crippen molar-refractivity contribution in [2.45, 2.75) is 26.3 Å². The van der Waals surface area contributed by atoms with E-state index in [4.69, 9.17) is 16.3 Å². The zero-order chi connectivity index (χ0) is 18.0. The van der Waals surface area contributed by atoms with Crippen LogP contribution < -0.4 is 4.90 Å². The Kier molecular flexibility index (Phi) is 6.08. The van der Waals surface area contributed by atoms with Crippen LogP contribution in [-0.2, 0) is 14.3 Å². The standard InChI is InChI=1S/C16H18ClIN2O4/c1-4-24-14(22)5-9(2)20-8-13(21)19(3)15-11(16(20)23)6-10(18)7-12(15)17/h6-7,9H,4-5,8H2,1-3H3/t9-/m0/s1. The van der Waals surface area contributed by atoms with Crippen molar-refractivity contribution in [1.82, 2.24) is 4.90 Å². The van der Waals surface area contributed by atoms with Gasteiger partial charge in [0.25, 0.3) is 5.91 Å². The number of amides is 2. The topological polar surface area (TPSA) is 66.9 Å². The lowest BCUT2D eigenvalue weighted by Gasteiger charge is -2.26. The molecule has 0 unspecified atom stereocenters. The molecular weight excluding hydrogens is 447 g/mol. The maximum absolute atomic E-state index is 12.9. The minimum absolute atomic E-state index is 0.0313. The molecule has 1 aliphatic rings. The van der Waals surface area contributed by atoms with Crippen LogP contribution in [0.25, 0.3) is 0 Å². The lowest BCUT2D eigenvalue weighted by atomic mass is 10.1. The van der Waals surface area contributed by atoms with Crippen molar-refractivity contribution < 1.29 is 19.1 Å². The highest BCUT2D eigenvalue weighted by atomic mass is 127. The first kappa shape index (κ1) is 19.0. The highest BCUT2D eigenvalue weighted by molar-refractivity contribution is 14.1. The molecule has 0 aliphatic carbocycles. The Morgan fingerprint density at radius 3 is 2.71 bits per heavy atom. The predicted octanol–water partition coefficient (Wildman–Crippen LogP) is 2.70. The van der Waals surface area contributed by atoms with Crippen molar-refractivity contribution in [2.75, 3.05) is 25.1 Å². The minimum Gasteiger partial charge on any atom is -0.466 e. The third-order valence-electron chi connectivity index (χ3n) is 3.83. The van der Waals surface area contributed by atoms with Gasteiger partial charge in [0.15, 0.2) is 0 Å². The van der Waals surface area contributed by atoms with E-state index < -0.39 is 12.0 Å². The van der Waals surface area contributed by atoms with Crippen molar-refractivity contribution in [3.8, 4) is 0 Å². The van der Waals surface area contributed by atoms with Gasteiger partial charge in [-0.2, -0.15) is 0 Å². The van der Waals surface area contributed by atoms with Gasteiger partial charge in [-0.05, 0) is 48.6 Å². The summed E-state index contributed by atoms with van der Waals surface area (Å²) in [7, 11) is 1.59. The molecule has 0 aromatic heterocycles. The SMILES string of the molecule is CCOC(=O)C[C@H](C)N1CC(=O)N(C)c2c(Cl)cc(I)cc2C1=O. The quantitative estimate of drug-likeness (QED) is 0.508. The van der Waals surface area contributed by atoms with Gasteiger partial charge in [-0.25, -0.2) is 0 Å². The Bertz CT molecular complexity index is 695. The van der Waals surface area contributed by atoms with E-state index in [0.717, 1.165) is 3.57 Å². The second-order valence-electron chi connectivity index (χ2n) is 5.53. The molecule has 0 fully saturated rings. The van der Waals surface area contributed by atoms with Crippen molar-refractivity contribution in [2.24, 2.45) is 0 Å². The summed E-state index contributed by atoms with van der Waals surface area (Å²) in [6.45, 7) is 3.61. The average Bonchev–Trinajstić information content (AvgIpc) is 2.58. The molecule has 2 amide bonds. The van der Waals surface area contributed by atoms with Crippen LogP contribution in [0.1, 0.15) is 30.6 Å². The number of rotatable bonds is 4. The molecule has 6 nitrogen and oxygen atoms in total. The van der Waals surface area contributed by atoms with E-state index in [1.54, 1.807) is 33.0 Å². The van der Waals surface area contributed by atoms with Gasteiger partial charge in [-0.15, -0.1) is 0 Å². The molecular formula is C16H18ClIN2O4. The fourth-order valence-electron chi connectivity index (χ4n) is 2.60. The Labute approximate surface area is 159 Å². The second-order valence-corrected chi connectivity index (χ2v) is 7.18. The molecule has 8 heteroatoms. The van der Waals surface area contributed by atoms with Crippen molar-refractivity contribution in [3.05, 3.63) is 26.3 Å². The second kappa shape index (κ2) is 7.69. The summed E-state index contributed by atoms with van der Waals surface area (Å²) in [5.74, 6) is -0.982. The number of hydrogen-bond acceptors (Lipinski definition) is 4. The van der Waals surface area contributed by atoms with Gasteiger partial charge in [0.05, 0.1) is 29.3 Å². The maximum atomic E-state index is 12.9. The molecule has 0 saturated heterocycles. The van der Waals surface area contributed by atoms with E-state index in [0.29, 0.717) is 16.3 Å². The van der Waals surface area contributed by atoms with Crippen LogP contribution in [0.2, 0.25) is 5.02 Å². The van der Waals surface area contributed by atoms with Crippen LogP contribution in [0, 0.1) is 3.57 Å². The highest BCUT2D eigenvalue weighted by Crippen LogP contribution is 2.34. The number of fused-ring (bicyclic) bond motifs is 1. The summed E-state index contributed by atoms with van der Waals surface area (Å²) < 4.78 is 5.73. The number of halogens is 2. The normalized spacial score (nSPS) is 15.9. The predicted molar refractivity (Wildman–Crippen MR) is 99.3 cm³/mol. The summed E-state index contributed by atoms with van der Waals surface area (Å²) in [6, 6.07) is 2.94. The number of likely N-dealkylation sites (N-methyl/N-ethyl adjacent to an activating group) is 1. The first-order valence-electron chi connectivity index (χ1n) is 7.48. The lowest BCUT2D eigenvalue weighted by Crippen LogP contribution is -2.44. The molecule has 0 radical (unpaired) electrons. The van der Waals surface area contributed by atoms with Crippen molar-refractivity contribution >= 4 is 57.7 Å². The molecule has 1 atom stereocenters. The van der Waals surface area contributed by atoms with E-state index >= 15 is 0 Å². The van der Waals surface area contributed by atoms with Crippen molar-refractivity contribution in [3.63, 3.8) is 0 Å². The van der Waals surface area contributed by atoms with Gasteiger partial charge in [-0.1, -0.05) is 11.6 Å². The molecule has 0 N–H and O–H groups in total. The Morgan fingerprint density at radius 2 is 2.08 bits per heavy atom. The third-order valence-corrected chi connectivity index (χ3v) is 4.74. The van der Waals surface area contributed by atoms with E-state index in [2.05, 4.69) is 22.6 Å². The monoisotopic (exact) mass is 464 g/mol. The first-order chi connectivity index (χ1) is 11.3. The van der Waals surface area contributed by atoms with E-state index in [1.165, 1.54) is 9.80 Å². The molecule has 1 heterocycles.